The van der Waals surface area contributed by atoms with Crippen molar-refractivity contribution in [1.82, 2.24) is 5.32 Å². The molecule has 1 atom stereocenters. The van der Waals surface area contributed by atoms with Crippen LogP contribution in [0.1, 0.15) is 36.0 Å². The van der Waals surface area contributed by atoms with Crippen LogP contribution in [0.5, 0.6) is 0 Å². The van der Waals surface area contributed by atoms with Crippen LogP contribution in [0, 0.1) is 0 Å². The molecule has 0 bridgehead atoms. The van der Waals surface area contributed by atoms with E-state index in [0.717, 1.165) is 22.3 Å². The summed E-state index contributed by atoms with van der Waals surface area (Å²) in [6, 6.07) is 22.8. The van der Waals surface area contributed by atoms with E-state index in [1.165, 1.54) is 6.08 Å². The molecule has 0 spiro atoms. The average Bonchev–Trinajstić information content (AvgIpc) is 3.15. The first-order valence-corrected chi connectivity index (χ1v) is 11.3. The van der Waals surface area contributed by atoms with E-state index >= 15 is 0 Å². The second-order valence-corrected chi connectivity index (χ2v) is 8.42. The van der Waals surface area contributed by atoms with E-state index in [1.807, 2.05) is 24.3 Å². The Balaban J connectivity index is 1.34. The number of rotatable bonds is 8. The second-order valence-electron chi connectivity index (χ2n) is 8.42. The molecule has 0 aromatic heterocycles. The van der Waals surface area contributed by atoms with E-state index in [0.29, 0.717) is 11.3 Å². The number of hydrogen-bond acceptors (Lipinski definition) is 4. The molecule has 3 N–H and O–H groups in total. The zero-order valence-corrected chi connectivity index (χ0v) is 19.2. The fourth-order valence-corrected chi connectivity index (χ4v) is 4.25. The zero-order valence-electron chi connectivity index (χ0n) is 19.2. The van der Waals surface area contributed by atoms with E-state index in [4.69, 9.17) is 9.84 Å². The molecule has 0 saturated heterocycles. The molecular formula is C28H26N2O5. The van der Waals surface area contributed by atoms with Crippen molar-refractivity contribution in [3.05, 3.63) is 95.6 Å². The number of carbonyl (C=O) groups is 3. The Morgan fingerprint density at radius 1 is 0.971 bits per heavy atom. The quantitative estimate of drug-likeness (QED) is 0.400. The van der Waals surface area contributed by atoms with Gasteiger partial charge in [0.05, 0.1) is 6.42 Å². The maximum atomic E-state index is 12.5. The van der Waals surface area contributed by atoms with Gasteiger partial charge in [-0.1, -0.05) is 60.7 Å². The first-order valence-electron chi connectivity index (χ1n) is 11.3. The molecule has 0 radical (unpaired) electrons. The highest BCUT2D eigenvalue weighted by Crippen LogP contribution is 2.44. The Morgan fingerprint density at radius 2 is 1.63 bits per heavy atom. The SMILES string of the molecule is CC(CC(=O)O)NC(=O)/C=C/c1cccc(NC(=O)OCC2c3ccccc3-c3ccccc32)c1. The van der Waals surface area contributed by atoms with Crippen molar-refractivity contribution in [1.29, 1.82) is 0 Å². The zero-order chi connectivity index (χ0) is 24.8. The van der Waals surface area contributed by atoms with E-state index < -0.39 is 24.0 Å². The number of ether oxygens (including phenoxy) is 1. The molecule has 3 aromatic rings. The first-order chi connectivity index (χ1) is 16.9. The number of carboxylic acids is 1. The molecule has 7 nitrogen and oxygen atoms in total. The molecule has 1 aliphatic carbocycles. The minimum absolute atomic E-state index is 0.0237. The molecule has 0 fully saturated rings. The van der Waals surface area contributed by atoms with Crippen LogP contribution in [-0.4, -0.2) is 35.7 Å². The normalized spacial score (nSPS) is 13.1. The van der Waals surface area contributed by atoms with Gasteiger partial charge >= 0.3 is 12.1 Å². The molecule has 7 heteroatoms. The van der Waals surface area contributed by atoms with Crippen molar-refractivity contribution < 1.29 is 24.2 Å². The van der Waals surface area contributed by atoms with Crippen LogP contribution in [0.2, 0.25) is 0 Å². The third-order valence-electron chi connectivity index (χ3n) is 5.77. The summed E-state index contributed by atoms with van der Waals surface area (Å²) in [5.41, 5.74) is 5.84. The number of fused-ring (bicyclic) bond motifs is 3. The van der Waals surface area contributed by atoms with Crippen LogP contribution in [0.25, 0.3) is 17.2 Å². The lowest BCUT2D eigenvalue weighted by Crippen LogP contribution is -2.32. The Morgan fingerprint density at radius 3 is 2.29 bits per heavy atom. The third kappa shape index (κ3) is 5.95. The monoisotopic (exact) mass is 470 g/mol. The molecule has 178 valence electrons. The van der Waals surface area contributed by atoms with Crippen LogP contribution >= 0.6 is 0 Å². The molecule has 0 aliphatic heterocycles. The number of nitrogens with one attached hydrogen (secondary N) is 2. The number of carbonyl (C=O) groups excluding carboxylic acids is 2. The molecule has 2 amide bonds. The van der Waals surface area contributed by atoms with Gasteiger partial charge in [0.2, 0.25) is 5.91 Å². The van der Waals surface area contributed by atoms with Crippen molar-refractivity contribution in [3.63, 3.8) is 0 Å². The Kier molecular flexibility index (Phi) is 7.26. The topological polar surface area (TPSA) is 105 Å². The van der Waals surface area contributed by atoms with Crippen LogP contribution in [0.3, 0.4) is 0 Å². The lowest BCUT2D eigenvalue weighted by molar-refractivity contribution is -0.137. The predicted molar refractivity (Wildman–Crippen MR) is 134 cm³/mol. The summed E-state index contributed by atoms with van der Waals surface area (Å²) in [6.07, 6.45) is 2.20. The number of hydrogen-bond donors (Lipinski definition) is 3. The van der Waals surface area contributed by atoms with Gasteiger partial charge in [-0.2, -0.15) is 0 Å². The molecule has 3 aromatic carbocycles. The highest BCUT2D eigenvalue weighted by atomic mass is 16.5. The third-order valence-corrected chi connectivity index (χ3v) is 5.77. The Labute approximate surface area is 203 Å². The maximum absolute atomic E-state index is 12.5. The summed E-state index contributed by atoms with van der Waals surface area (Å²) in [4.78, 5) is 35.2. The highest BCUT2D eigenvalue weighted by molar-refractivity contribution is 5.92. The van der Waals surface area contributed by atoms with E-state index in [1.54, 1.807) is 37.3 Å². The minimum atomic E-state index is -0.978. The number of amides is 2. The fraction of sp³-hybridized carbons (Fsp3) is 0.179. The van der Waals surface area contributed by atoms with Gasteiger partial charge < -0.3 is 15.2 Å². The summed E-state index contributed by atoms with van der Waals surface area (Å²) < 4.78 is 5.58. The number of aliphatic carboxylic acids is 1. The largest absolute Gasteiger partial charge is 0.481 e. The number of anilines is 1. The highest BCUT2D eigenvalue weighted by Gasteiger charge is 2.29. The van der Waals surface area contributed by atoms with Gasteiger partial charge in [-0.15, -0.1) is 0 Å². The minimum Gasteiger partial charge on any atom is -0.481 e. The predicted octanol–water partition coefficient (Wildman–Crippen LogP) is 5.04. The van der Waals surface area contributed by atoms with E-state index in [2.05, 4.69) is 34.9 Å². The van der Waals surface area contributed by atoms with Gasteiger partial charge in [-0.3, -0.25) is 14.9 Å². The molecule has 35 heavy (non-hydrogen) atoms. The van der Waals surface area contributed by atoms with E-state index in [9.17, 15) is 14.4 Å². The Hall–Kier alpha value is -4.39. The second kappa shape index (κ2) is 10.7. The van der Waals surface area contributed by atoms with Crippen LogP contribution in [0.15, 0.2) is 78.9 Å². The average molecular weight is 471 g/mol. The van der Waals surface area contributed by atoms with Crippen molar-refractivity contribution in [2.75, 3.05) is 11.9 Å². The summed E-state index contributed by atoms with van der Waals surface area (Å²) in [5, 5.41) is 14.1. The molecule has 4 rings (SSSR count). The number of benzene rings is 3. The molecule has 0 heterocycles. The van der Waals surface area contributed by atoms with Gasteiger partial charge in [0, 0.05) is 23.7 Å². The Bertz CT molecular complexity index is 1240. The van der Waals surface area contributed by atoms with Crippen LogP contribution in [-0.2, 0) is 14.3 Å². The lowest BCUT2D eigenvalue weighted by atomic mass is 9.98. The summed E-state index contributed by atoms with van der Waals surface area (Å²) in [5.74, 6) is -1.40. The van der Waals surface area contributed by atoms with E-state index in [-0.39, 0.29) is 18.9 Å². The fourth-order valence-electron chi connectivity index (χ4n) is 4.25. The molecule has 0 saturated carbocycles. The van der Waals surface area contributed by atoms with Gasteiger partial charge in [0.15, 0.2) is 0 Å². The number of carboxylic acid groups (broad SMARTS) is 1. The van der Waals surface area contributed by atoms with Crippen molar-refractivity contribution >= 4 is 29.7 Å². The van der Waals surface area contributed by atoms with Gasteiger partial charge in [-0.25, -0.2) is 4.79 Å². The maximum Gasteiger partial charge on any atom is 0.411 e. The summed E-state index contributed by atoms with van der Waals surface area (Å²) >= 11 is 0. The van der Waals surface area contributed by atoms with Crippen LogP contribution < -0.4 is 10.6 Å². The lowest BCUT2D eigenvalue weighted by Gasteiger charge is -2.14. The summed E-state index contributed by atoms with van der Waals surface area (Å²) in [7, 11) is 0. The summed E-state index contributed by atoms with van der Waals surface area (Å²) in [6.45, 7) is 1.84. The van der Waals surface area contributed by atoms with Crippen molar-refractivity contribution in [3.8, 4) is 11.1 Å². The molecular weight excluding hydrogens is 444 g/mol. The molecule has 1 aliphatic rings. The molecule has 1 unspecified atom stereocenters. The van der Waals surface area contributed by atoms with Gasteiger partial charge in [0.25, 0.3) is 0 Å². The smallest absolute Gasteiger partial charge is 0.411 e. The van der Waals surface area contributed by atoms with Gasteiger partial charge in [-0.05, 0) is 52.9 Å². The van der Waals surface area contributed by atoms with Crippen molar-refractivity contribution in [2.24, 2.45) is 0 Å². The van der Waals surface area contributed by atoms with Crippen molar-refractivity contribution in [2.45, 2.75) is 25.3 Å². The standard InChI is InChI=1S/C28H26N2O5/c1-18(15-27(32)33)29-26(31)14-13-19-7-6-8-20(16-19)30-28(34)35-17-25-23-11-4-2-9-21(23)22-10-3-5-12-24(22)25/h2-14,16,18,25H,15,17H2,1H3,(H,29,31)(H,30,34)(H,32,33)/b14-13+. The van der Waals surface area contributed by atoms with Crippen LogP contribution in [0.4, 0.5) is 10.5 Å². The van der Waals surface area contributed by atoms with Gasteiger partial charge in [0.1, 0.15) is 6.61 Å². The first kappa shape index (κ1) is 23.8.